The van der Waals surface area contributed by atoms with E-state index in [1.807, 2.05) is 31.2 Å². The van der Waals surface area contributed by atoms with Crippen molar-refractivity contribution in [1.29, 1.82) is 0 Å². The highest BCUT2D eigenvalue weighted by Gasteiger charge is 2.42. The zero-order valence-electron chi connectivity index (χ0n) is 18.0. The van der Waals surface area contributed by atoms with Crippen molar-refractivity contribution in [3.8, 4) is 5.75 Å². The second-order valence-electron chi connectivity index (χ2n) is 8.29. The van der Waals surface area contributed by atoms with Gasteiger partial charge in [0.15, 0.2) is 5.82 Å². The number of rotatable bonds is 6. The van der Waals surface area contributed by atoms with Crippen LogP contribution in [-0.2, 0) is 16.1 Å². The molecule has 1 aromatic carbocycles. The van der Waals surface area contributed by atoms with Gasteiger partial charge in [0, 0.05) is 5.92 Å². The standard InChI is InChI=1S/C23H26N4O5/c1-2-30-16-10-8-14(9-11-16)20-19-17(13-31-22(19)28)27(23(29)25-20)12-18-24-21(32-26-18)15-6-4-3-5-7-15/h8-11,15,20H,2-7,12-13H2,1H3,(H,25,29). The molecular weight excluding hydrogens is 412 g/mol. The largest absolute Gasteiger partial charge is 0.494 e. The maximum atomic E-state index is 13.0. The fourth-order valence-corrected chi connectivity index (χ4v) is 4.64. The summed E-state index contributed by atoms with van der Waals surface area (Å²) in [7, 11) is 0. The maximum Gasteiger partial charge on any atom is 0.338 e. The fourth-order valence-electron chi connectivity index (χ4n) is 4.64. The van der Waals surface area contributed by atoms with E-state index in [0.29, 0.717) is 29.6 Å². The molecule has 1 aromatic heterocycles. The smallest absolute Gasteiger partial charge is 0.338 e. The predicted octanol–water partition coefficient (Wildman–Crippen LogP) is 3.59. The van der Waals surface area contributed by atoms with Gasteiger partial charge in [0.2, 0.25) is 5.89 Å². The molecule has 1 N–H and O–H groups in total. The second-order valence-corrected chi connectivity index (χ2v) is 8.29. The molecule has 9 nitrogen and oxygen atoms in total. The van der Waals surface area contributed by atoms with Gasteiger partial charge < -0.3 is 19.3 Å². The number of ether oxygens (including phenoxy) is 2. The molecule has 0 spiro atoms. The molecule has 1 unspecified atom stereocenters. The third kappa shape index (κ3) is 3.83. The number of benzene rings is 1. The Kier molecular flexibility index (Phi) is 5.55. The average molecular weight is 438 g/mol. The summed E-state index contributed by atoms with van der Waals surface area (Å²) in [6.45, 7) is 2.64. The van der Waals surface area contributed by atoms with Gasteiger partial charge in [0.05, 0.1) is 30.5 Å². The SMILES string of the molecule is CCOc1ccc(C2NC(=O)N(Cc3noc(C4CCCCC4)n3)C3=C2C(=O)OC3)cc1. The Morgan fingerprint density at radius 1 is 1.16 bits per heavy atom. The van der Waals surface area contributed by atoms with Crippen molar-refractivity contribution < 1.29 is 23.6 Å². The molecule has 0 saturated heterocycles. The van der Waals surface area contributed by atoms with Crippen molar-refractivity contribution in [2.24, 2.45) is 0 Å². The van der Waals surface area contributed by atoms with Crippen LogP contribution in [0.2, 0.25) is 0 Å². The molecule has 9 heteroatoms. The average Bonchev–Trinajstić information content (AvgIpc) is 3.44. The lowest BCUT2D eigenvalue weighted by Gasteiger charge is -2.32. The van der Waals surface area contributed by atoms with Crippen LogP contribution < -0.4 is 10.1 Å². The van der Waals surface area contributed by atoms with E-state index < -0.39 is 12.0 Å². The minimum absolute atomic E-state index is 0.0441. The van der Waals surface area contributed by atoms with Crippen molar-refractivity contribution in [3.05, 3.63) is 52.8 Å². The van der Waals surface area contributed by atoms with Gasteiger partial charge in [-0.2, -0.15) is 4.98 Å². The van der Waals surface area contributed by atoms with Crippen molar-refractivity contribution in [2.45, 2.75) is 57.5 Å². The van der Waals surface area contributed by atoms with Gasteiger partial charge in [-0.05, 0) is 37.5 Å². The molecule has 0 bridgehead atoms. The van der Waals surface area contributed by atoms with Crippen molar-refractivity contribution >= 4 is 12.0 Å². The summed E-state index contributed by atoms with van der Waals surface area (Å²) in [5.41, 5.74) is 1.76. The van der Waals surface area contributed by atoms with E-state index in [4.69, 9.17) is 14.0 Å². The molecule has 2 amide bonds. The highest BCUT2D eigenvalue weighted by molar-refractivity contribution is 5.97. The van der Waals surface area contributed by atoms with Crippen LogP contribution in [0, 0.1) is 0 Å². The molecule has 1 fully saturated rings. The van der Waals surface area contributed by atoms with E-state index in [2.05, 4.69) is 15.5 Å². The Morgan fingerprint density at radius 2 is 1.94 bits per heavy atom. The van der Waals surface area contributed by atoms with E-state index in [1.165, 1.54) is 24.2 Å². The highest BCUT2D eigenvalue weighted by atomic mass is 16.5. The van der Waals surface area contributed by atoms with E-state index in [9.17, 15) is 9.59 Å². The molecular formula is C23H26N4O5. The molecule has 1 saturated carbocycles. The summed E-state index contributed by atoms with van der Waals surface area (Å²) >= 11 is 0. The van der Waals surface area contributed by atoms with Gasteiger partial charge >= 0.3 is 12.0 Å². The number of urea groups is 1. The van der Waals surface area contributed by atoms with Crippen LogP contribution in [0.4, 0.5) is 4.79 Å². The highest BCUT2D eigenvalue weighted by Crippen LogP contribution is 2.36. The van der Waals surface area contributed by atoms with Crippen molar-refractivity contribution in [1.82, 2.24) is 20.4 Å². The summed E-state index contributed by atoms with van der Waals surface area (Å²) < 4.78 is 16.3. The molecule has 2 aliphatic heterocycles. The Morgan fingerprint density at radius 3 is 2.69 bits per heavy atom. The van der Waals surface area contributed by atoms with Crippen LogP contribution in [0.3, 0.4) is 0 Å². The summed E-state index contributed by atoms with van der Waals surface area (Å²) in [6, 6.07) is 6.43. The first-order valence-corrected chi connectivity index (χ1v) is 11.2. The zero-order valence-corrected chi connectivity index (χ0v) is 18.0. The van der Waals surface area contributed by atoms with Crippen molar-refractivity contribution in [3.63, 3.8) is 0 Å². The molecule has 0 radical (unpaired) electrons. The number of esters is 1. The number of carbonyl (C=O) groups is 2. The lowest BCUT2D eigenvalue weighted by atomic mass is 9.89. The van der Waals surface area contributed by atoms with Gasteiger partial charge in [-0.25, -0.2) is 9.59 Å². The maximum absolute atomic E-state index is 13.0. The van der Waals surface area contributed by atoms with Crippen LogP contribution >= 0.6 is 0 Å². The number of nitrogens with one attached hydrogen (secondary N) is 1. The number of cyclic esters (lactones) is 1. The Bertz CT molecular complexity index is 1040. The zero-order chi connectivity index (χ0) is 22.1. The molecule has 2 aromatic rings. The van der Waals surface area contributed by atoms with Gasteiger partial charge in [0.1, 0.15) is 12.4 Å². The summed E-state index contributed by atoms with van der Waals surface area (Å²) in [6.07, 6.45) is 5.67. The van der Waals surface area contributed by atoms with E-state index in [1.54, 1.807) is 0 Å². The molecule has 3 heterocycles. The van der Waals surface area contributed by atoms with Crippen LogP contribution in [0.15, 0.2) is 40.1 Å². The lowest BCUT2D eigenvalue weighted by molar-refractivity contribution is -0.136. The van der Waals surface area contributed by atoms with Crippen LogP contribution in [-0.4, -0.2) is 40.3 Å². The molecule has 3 aliphatic rings. The Hall–Kier alpha value is -3.36. The Labute approximate surface area is 185 Å². The minimum Gasteiger partial charge on any atom is -0.494 e. The Balaban J connectivity index is 1.39. The molecule has 32 heavy (non-hydrogen) atoms. The predicted molar refractivity (Wildman–Crippen MR) is 113 cm³/mol. The molecule has 5 rings (SSSR count). The van der Waals surface area contributed by atoms with Gasteiger partial charge in [-0.3, -0.25) is 4.90 Å². The first-order valence-electron chi connectivity index (χ1n) is 11.2. The topological polar surface area (TPSA) is 107 Å². The molecule has 1 aliphatic carbocycles. The van der Waals surface area contributed by atoms with E-state index in [-0.39, 0.29) is 25.1 Å². The van der Waals surface area contributed by atoms with Crippen LogP contribution in [0.1, 0.15) is 68.3 Å². The van der Waals surface area contributed by atoms with E-state index >= 15 is 0 Å². The number of amides is 2. The lowest BCUT2D eigenvalue weighted by Crippen LogP contribution is -2.47. The first kappa shape index (κ1) is 20.5. The van der Waals surface area contributed by atoms with Gasteiger partial charge in [0.25, 0.3) is 0 Å². The monoisotopic (exact) mass is 438 g/mol. The molecule has 168 valence electrons. The second kappa shape index (κ2) is 8.64. The fraction of sp³-hybridized carbons (Fsp3) is 0.478. The van der Waals surface area contributed by atoms with Gasteiger partial charge in [-0.1, -0.05) is 36.6 Å². The van der Waals surface area contributed by atoms with Gasteiger partial charge in [-0.15, -0.1) is 0 Å². The summed E-state index contributed by atoms with van der Waals surface area (Å²) in [4.78, 5) is 31.6. The first-order chi connectivity index (χ1) is 15.6. The number of carbonyl (C=O) groups excluding carboxylic acids is 2. The number of nitrogens with zero attached hydrogens (tertiary/aromatic N) is 3. The summed E-state index contributed by atoms with van der Waals surface area (Å²) in [5, 5.41) is 7.02. The third-order valence-corrected chi connectivity index (χ3v) is 6.26. The normalized spacial score (nSPS) is 21.4. The third-order valence-electron chi connectivity index (χ3n) is 6.26. The van der Waals surface area contributed by atoms with E-state index in [0.717, 1.165) is 24.2 Å². The number of hydrogen-bond donors (Lipinski definition) is 1. The molecule has 1 atom stereocenters. The van der Waals surface area contributed by atoms with Crippen LogP contribution in [0.25, 0.3) is 0 Å². The number of aromatic nitrogens is 2. The van der Waals surface area contributed by atoms with Crippen LogP contribution in [0.5, 0.6) is 5.75 Å². The summed E-state index contributed by atoms with van der Waals surface area (Å²) in [5.74, 6) is 1.65. The quantitative estimate of drug-likeness (QED) is 0.687. The minimum atomic E-state index is -0.581. The van der Waals surface area contributed by atoms with Crippen molar-refractivity contribution in [2.75, 3.05) is 13.2 Å². The number of hydrogen-bond acceptors (Lipinski definition) is 7.